The Labute approximate surface area is 235 Å². The van der Waals surface area contributed by atoms with E-state index in [4.69, 9.17) is 9.47 Å². The van der Waals surface area contributed by atoms with Crippen molar-refractivity contribution in [2.75, 3.05) is 6.61 Å². The Morgan fingerprint density at radius 3 is 2.51 bits per heavy atom. The van der Waals surface area contributed by atoms with Crippen LogP contribution >= 0.6 is 0 Å². The molecule has 0 aromatic rings. The van der Waals surface area contributed by atoms with Crippen LogP contribution in [0.5, 0.6) is 0 Å². The fourth-order valence-electron chi connectivity index (χ4n) is 9.91. The highest BCUT2D eigenvalue weighted by Crippen LogP contribution is 2.65. The molecule has 0 aromatic heterocycles. The number of fused-ring (bicyclic) bond motifs is 4. The molecule has 4 aliphatic carbocycles. The minimum Gasteiger partial charge on any atom is -0.353 e. The summed E-state index contributed by atoms with van der Waals surface area (Å²) in [7, 11) is 0. The normalized spacial score (nSPS) is 40.4. The third-order valence-electron chi connectivity index (χ3n) is 11.7. The number of rotatable bonds is 8. The van der Waals surface area contributed by atoms with E-state index in [1.165, 1.54) is 89.9 Å². The lowest BCUT2D eigenvalue weighted by Gasteiger charge is -2.55. The topological polar surface area (TPSA) is 18.5 Å². The van der Waals surface area contributed by atoms with Crippen molar-refractivity contribution in [3.05, 3.63) is 11.1 Å². The van der Waals surface area contributed by atoms with Gasteiger partial charge in [0, 0.05) is 10.9 Å². The van der Waals surface area contributed by atoms with Gasteiger partial charge >= 0.3 is 0 Å². The van der Waals surface area contributed by atoms with Crippen LogP contribution in [-0.4, -0.2) is 19.0 Å². The summed E-state index contributed by atoms with van der Waals surface area (Å²) in [5, 5.41) is 0. The van der Waals surface area contributed by atoms with Gasteiger partial charge in [-0.05, 0) is 124 Å². The molecule has 0 amide bonds. The minimum atomic E-state index is 0. The predicted octanol–water partition coefficient (Wildman–Crippen LogP) is 11.1. The second-order valence-electron chi connectivity index (χ2n) is 14.1. The second-order valence-corrected chi connectivity index (χ2v) is 14.1. The van der Waals surface area contributed by atoms with Crippen molar-refractivity contribution in [1.29, 1.82) is 0 Å². The van der Waals surface area contributed by atoms with Crippen LogP contribution in [0.25, 0.3) is 0 Å². The molecule has 37 heavy (non-hydrogen) atoms. The lowest BCUT2D eigenvalue weighted by molar-refractivity contribution is -0.190. The molecule has 0 radical (unpaired) electrons. The molecule has 0 bridgehead atoms. The zero-order chi connectivity index (χ0) is 26.6. The monoisotopic (exact) mass is 521 g/mol. The molecule has 5 aliphatic rings. The molecule has 1 heterocycles. The zero-order valence-corrected chi connectivity index (χ0v) is 25.8. The lowest BCUT2D eigenvalue weighted by Crippen LogP contribution is -2.46. The van der Waals surface area contributed by atoms with Gasteiger partial charge in [0.05, 0.1) is 6.10 Å². The number of hydrogen-bond donors (Lipinski definition) is 0. The summed E-state index contributed by atoms with van der Waals surface area (Å²) in [5.41, 5.74) is 4.38. The average Bonchev–Trinajstić information content (AvgIpc) is 3.27. The summed E-state index contributed by atoms with van der Waals surface area (Å²) in [6.45, 7) is 17.5. The van der Waals surface area contributed by atoms with E-state index in [2.05, 4.69) is 34.6 Å². The van der Waals surface area contributed by atoms with Crippen LogP contribution in [0.15, 0.2) is 11.1 Å². The van der Waals surface area contributed by atoms with Gasteiger partial charge in [-0.15, -0.1) is 0 Å². The maximum atomic E-state index is 6.53. The van der Waals surface area contributed by atoms with Crippen molar-refractivity contribution >= 4 is 0 Å². The molecule has 2 saturated carbocycles. The Kier molecular flexibility index (Phi) is 10.7. The third kappa shape index (κ3) is 6.37. The molecule has 2 heteroatoms. The van der Waals surface area contributed by atoms with Crippen LogP contribution in [0.1, 0.15) is 149 Å². The summed E-state index contributed by atoms with van der Waals surface area (Å²) < 4.78 is 12.5. The van der Waals surface area contributed by atoms with E-state index in [0.29, 0.717) is 11.5 Å². The molecule has 0 spiro atoms. The largest absolute Gasteiger partial charge is 0.353 e. The van der Waals surface area contributed by atoms with E-state index >= 15 is 0 Å². The fourth-order valence-corrected chi connectivity index (χ4v) is 9.91. The van der Waals surface area contributed by atoms with Crippen LogP contribution < -0.4 is 0 Å². The van der Waals surface area contributed by atoms with Crippen LogP contribution in [0.2, 0.25) is 0 Å². The zero-order valence-electron chi connectivity index (χ0n) is 25.8. The number of hydrogen-bond acceptors (Lipinski definition) is 2. The molecule has 2 nitrogen and oxygen atoms in total. The fraction of sp³-hybridized carbons (Fsp3) is 0.943. The van der Waals surface area contributed by atoms with E-state index in [1.807, 2.05) is 25.0 Å². The van der Waals surface area contributed by atoms with Crippen molar-refractivity contribution < 1.29 is 13.8 Å². The van der Waals surface area contributed by atoms with Crippen LogP contribution in [0.3, 0.4) is 0 Å². The lowest BCUT2D eigenvalue weighted by atomic mass is 9.50. The van der Waals surface area contributed by atoms with E-state index in [0.717, 1.165) is 54.5 Å². The first kappa shape index (κ1) is 29.6. The van der Waals surface area contributed by atoms with E-state index in [1.54, 1.807) is 0 Å². The predicted molar refractivity (Wildman–Crippen MR) is 164 cm³/mol. The summed E-state index contributed by atoms with van der Waals surface area (Å²) in [6, 6.07) is 0. The molecule has 220 valence electrons. The molecule has 0 N–H and O–H groups in total. The van der Waals surface area contributed by atoms with Gasteiger partial charge < -0.3 is 9.47 Å². The molecular formula is C35H68O2. The van der Waals surface area contributed by atoms with Gasteiger partial charge in [0.25, 0.3) is 0 Å². The number of allylic oxidation sites excluding steroid dienone is 1. The van der Waals surface area contributed by atoms with Crippen LogP contribution in [0, 0.1) is 46.8 Å². The first-order valence-corrected chi connectivity index (χ1v) is 16.9. The van der Waals surface area contributed by atoms with Gasteiger partial charge in [0.1, 0.15) is 0 Å². The molecule has 1 aliphatic heterocycles. The van der Waals surface area contributed by atoms with Gasteiger partial charge in [-0.25, -0.2) is 0 Å². The summed E-state index contributed by atoms with van der Waals surface area (Å²) in [4.78, 5) is 0. The van der Waals surface area contributed by atoms with Crippen molar-refractivity contribution in [3.63, 3.8) is 0 Å². The summed E-state index contributed by atoms with van der Waals surface area (Å²) in [6.07, 6.45) is 20.9. The van der Waals surface area contributed by atoms with E-state index < -0.39 is 0 Å². The first-order valence-electron chi connectivity index (χ1n) is 16.9. The molecule has 3 fully saturated rings. The number of ether oxygens (including phenoxy) is 2. The quantitative estimate of drug-likeness (QED) is 0.296. The van der Waals surface area contributed by atoms with Gasteiger partial charge in [0.15, 0.2) is 6.29 Å². The highest BCUT2D eigenvalue weighted by molar-refractivity contribution is 5.29. The van der Waals surface area contributed by atoms with Gasteiger partial charge in [0.2, 0.25) is 0 Å². The highest BCUT2D eigenvalue weighted by atomic mass is 16.7. The maximum Gasteiger partial charge on any atom is 0.157 e. The molecule has 9 atom stereocenters. The van der Waals surface area contributed by atoms with Crippen LogP contribution in [-0.2, 0) is 9.47 Å². The second kappa shape index (κ2) is 13.3. The molecule has 0 aromatic carbocycles. The Balaban J connectivity index is 0.00000157. The Hall–Kier alpha value is -0.340. The van der Waals surface area contributed by atoms with Crippen molar-refractivity contribution in [3.8, 4) is 0 Å². The summed E-state index contributed by atoms with van der Waals surface area (Å²) in [5.74, 6) is 6.39. The smallest absolute Gasteiger partial charge is 0.157 e. The van der Waals surface area contributed by atoms with Crippen molar-refractivity contribution in [1.82, 2.24) is 0 Å². The molecule has 6 unspecified atom stereocenters. The molecule has 1 saturated heterocycles. The van der Waals surface area contributed by atoms with Gasteiger partial charge in [-0.2, -0.15) is 0 Å². The van der Waals surface area contributed by atoms with Crippen LogP contribution in [0.4, 0.5) is 0 Å². The van der Waals surface area contributed by atoms with Gasteiger partial charge in [-0.1, -0.05) is 78.9 Å². The first-order chi connectivity index (χ1) is 17.9. The van der Waals surface area contributed by atoms with Gasteiger partial charge in [-0.3, -0.25) is 0 Å². The third-order valence-corrected chi connectivity index (χ3v) is 11.7. The average molecular weight is 521 g/mol. The Morgan fingerprint density at radius 1 is 1.00 bits per heavy atom. The SMILES string of the molecule is CC.CCC1C[C@@H]2C(CCC3(C)C2CCC3[C@H](C)CCCC(C)C)C2=C1C[C@@H](OC1CCCCO1)CC2.[HH].[HH].[HH]. The van der Waals surface area contributed by atoms with E-state index in [9.17, 15) is 0 Å². The van der Waals surface area contributed by atoms with Crippen molar-refractivity contribution in [2.24, 2.45) is 46.8 Å². The Bertz CT molecular complexity index is 749. The van der Waals surface area contributed by atoms with Crippen molar-refractivity contribution in [2.45, 2.75) is 157 Å². The standard InChI is InChI=1S/C33H56O2.C2H6.3H2/c1-6-24-20-29-27(26-14-13-25(21-28(24)26)35-32-12-7-8-19-34-32)17-18-33(5)30(15-16-31(29)33)23(4)11-9-10-22(2)3;1-2;;;/h22-25,27,29-32H,6-21H2,1-5H3;1-2H3;3*1H/t23-,24?,25+,27?,29-,30?,31?,32?,33?;;;;/m1..../s1. The molecular weight excluding hydrogens is 452 g/mol. The van der Waals surface area contributed by atoms with E-state index in [-0.39, 0.29) is 10.6 Å². The highest BCUT2D eigenvalue weighted by Gasteiger charge is 2.56. The Morgan fingerprint density at radius 2 is 1.81 bits per heavy atom. The summed E-state index contributed by atoms with van der Waals surface area (Å²) >= 11 is 0. The minimum absolute atomic E-state index is 0. The molecule has 5 rings (SSSR count). The maximum absolute atomic E-state index is 6.53.